The summed E-state index contributed by atoms with van der Waals surface area (Å²) < 4.78 is 86.4. The maximum Gasteiger partial charge on any atom is 0.271 e. The standard InChI is InChI=1S/C21H16FNO3S.C14H10FNO3S.C2H6O/c22-18-9-4-5-12-21(18)27(24,25)23-14-13-17-19(23)10-6-11-20(17)26-15-16-7-2-1-3-8-16;15-11-4-1-2-7-14(11)20(18,19)16-9-8-10-12(16)5-3-6-13(10)17;1-2-3/h1-14H,15H2;1-9,17H;3H,2H2,1H3. The molecule has 0 saturated heterocycles. The van der Waals surface area contributed by atoms with Crippen LogP contribution in [0.2, 0.25) is 0 Å². The van der Waals surface area contributed by atoms with E-state index in [1.54, 1.807) is 37.3 Å². The van der Waals surface area contributed by atoms with Crippen LogP contribution in [0.1, 0.15) is 12.5 Å². The van der Waals surface area contributed by atoms with Gasteiger partial charge in [0.05, 0.1) is 11.0 Å². The monoisotopic (exact) mass is 718 g/mol. The maximum atomic E-state index is 14.0. The lowest BCUT2D eigenvalue weighted by molar-refractivity contribution is 0.310. The molecule has 0 spiro atoms. The van der Waals surface area contributed by atoms with Gasteiger partial charge in [0.1, 0.15) is 39.5 Å². The van der Waals surface area contributed by atoms with Crippen LogP contribution in [0.5, 0.6) is 11.5 Å². The second-order valence-electron chi connectivity index (χ2n) is 10.6. The van der Waals surface area contributed by atoms with E-state index in [2.05, 4.69) is 0 Å². The second-order valence-corrected chi connectivity index (χ2v) is 14.2. The number of nitrogens with zero attached hydrogens (tertiary/aromatic N) is 2. The fourth-order valence-electron chi connectivity index (χ4n) is 5.04. The van der Waals surface area contributed by atoms with Crippen molar-refractivity contribution >= 4 is 41.9 Å². The first-order valence-corrected chi connectivity index (χ1v) is 18.1. The minimum Gasteiger partial charge on any atom is -0.507 e. The molecule has 0 fully saturated rings. The molecule has 0 bridgehead atoms. The molecule has 0 unspecified atom stereocenters. The van der Waals surface area contributed by atoms with Crippen molar-refractivity contribution in [3.05, 3.63) is 157 Å². The summed E-state index contributed by atoms with van der Waals surface area (Å²) in [5.74, 6) is -1.05. The molecular formula is C37H32F2N2O7S2. The highest BCUT2D eigenvalue weighted by atomic mass is 32.2. The molecule has 0 aliphatic carbocycles. The first-order valence-electron chi connectivity index (χ1n) is 15.2. The van der Waals surface area contributed by atoms with Gasteiger partial charge in [-0.25, -0.2) is 33.6 Å². The quantitative estimate of drug-likeness (QED) is 0.177. The lowest BCUT2D eigenvalue weighted by Crippen LogP contribution is -2.13. The number of phenols is 1. The second kappa shape index (κ2) is 15.4. The molecule has 7 rings (SSSR count). The summed E-state index contributed by atoms with van der Waals surface area (Å²) in [4.78, 5) is -0.765. The Labute approximate surface area is 288 Å². The van der Waals surface area contributed by atoms with Crippen molar-refractivity contribution in [3.63, 3.8) is 0 Å². The predicted molar refractivity (Wildman–Crippen MR) is 187 cm³/mol. The molecule has 2 aromatic heterocycles. The van der Waals surface area contributed by atoms with Gasteiger partial charge in [0.15, 0.2) is 0 Å². The van der Waals surface area contributed by atoms with Gasteiger partial charge >= 0.3 is 0 Å². The van der Waals surface area contributed by atoms with E-state index >= 15 is 0 Å². The van der Waals surface area contributed by atoms with Crippen molar-refractivity contribution in [2.75, 3.05) is 6.61 Å². The number of hydrogen-bond donors (Lipinski definition) is 2. The molecule has 7 aromatic rings. The van der Waals surface area contributed by atoms with Gasteiger partial charge < -0.3 is 14.9 Å². The molecular weight excluding hydrogens is 687 g/mol. The van der Waals surface area contributed by atoms with Crippen LogP contribution in [0, 0.1) is 11.6 Å². The largest absolute Gasteiger partial charge is 0.507 e. The molecule has 0 aliphatic heterocycles. The molecule has 0 radical (unpaired) electrons. The van der Waals surface area contributed by atoms with E-state index in [1.165, 1.54) is 67.0 Å². The van der Waals surface area contributed by atoms with Crippen LogP contribution in [0.4, 0.5) is 8.78 Å². The normalized spacial score (nSPS) is 11.4. The van der Waals surface area contributed by atoms with Crippen LogP contribution in [0.3, 0.4) is 0 Å². The first-order chi connectivity index (χ1) is 24.0. The molecule has 50 heavy (non-hydrogen) atoms. The molecule has 0 amide bonds. The Bertz CT molecular complexity index is 2460. The summed E-state index contributed by atoms with van der Waals surface area (Å²) >= 11 is 0. The zero-order valence-electron chi connectivity index (χ0n) is 26.6. The van der Waals surface area contributed by atoms with Crippen LogP contribution >= 0.6 is 0 Å². The van der Waals surface area contributed by atoms with Crippen molar-refractivity contribution in [2.24, 2.45) is 0 Å². The molecule has 0 atom stereocenters. The Balaban J connectivity index is 0.000000187. The molecule has 258 valence electrons. The minimum absolute atomic E-state index is 0.0232. The number of aromatic nitrogens is 2. The van der Waals surface area contributed by atoms with Gasteiger partial charge in [-0.2, -0.15) is 0 Å². The third kappa shape index (κ3) is 7.39. The van der Waals surface area contributed by atoms with E-state index in [-0.39, 0.29) is 17.3 Å². The molecule has 2 heterocycles. The van der Waals surface area contributed by atoms with E-state index in [0.717, 1.165) is 25.6 Å². The zero-order valence-corrected chi connectivity index (χ0v) is 28.2. The van der Waals surface area contributed by atoms with Gasteiger partial charge in [0.25, 0.3) is 20.0 Å². The minimum atomic E-state index is -4.05. The highest BCUT2D eigenvalue weighted by molar-refractivity contribution is 7.90. The summed E-state index contributed by atoms with van der Waals surface area (Å²) in [5.41, 5.74) is 1.74. The number of aliphatic hydroxyl groups excluding tert-OH is 1. The third-order valence-corrected chi connectivity index (χ3v) is 10.8. The fourth-order valence-corrected chi connectivity index (χ4v) is 7.87. The van der Waals surface area contributed by atoms with Gasteiger partial charge in [-0.15, -0.1) is 0 Å². The first kappa shape index (κ1) is 35.8. The lowest BCUT2D eigenvalue weighted by atomic mass is 10.2. The predicted octanol–water partition coefficient (Wildman–Crippen LogP) is 7.32. The van der Waals surface area contributed by atoms with E-state index in [4.69, 9.17) is 9.84 Å². The summed E-state index contributed by atoms with van der Waals surface area (Å²) in [6.07, 6.45) is 2.72. The van der Waals surface area contributed by atoms with E-state index in [9.17, 15) is 30.7 Å². The molecule has 9 nitrogen and oxygen atoms in total. The number of benzene rings is 5. The number of rotatable bonds is 7. The van der Waals surface area contributed by atoms with Gasteiger partial charge in [-0.05, 0) is 73.2 Å². The van der Waals surface area contributed by atoms with Crippen molar-refractivity contribution in [1.29, 1.82) is 0 Å². The molecule has 0 aliphatic rings. The molecule has 2 N–H and O–H groups in total. The van der Waals surface area contributed by atoms with Crippen LogP contribution < -0.4 is 4.74 Å². The topological polar surface area (TPSA) is 128 Å². The summed E-state index contributed by atoms with van der Waals surface area (Å²) in [6, 6.07) is 33.1. The average molecular weight is 719 g/mol. The SMILES string of the molecule is CCO.O=S(=O)(c1ccccc1F)n1ccc2c(O)cccc21.O=S(=O)(c1ccccc1F)n1ccc2c(OCc3ccccc3)cccc21. The maximum absolute atomic E-state index is 14.0. The molecule has 13 heteroatoms. The van der Waals surface area contributed by atoms with Gasteiger partial charge in [0.2, 0.25) is 0 Å². The molecule has 5 aromatic carbocycles. The summed E-state index contributed by atoms with van der Waals surface area (Å²) in [6.45, 7) is 2.30. The lowest BCUT2D eigenvalue weighted by Gasteiger charge is -2.10. The van der Waals surface area contributed by atoms with Crippen LogP contribution in [0.25, 0.3) is 21.8 Å². The number of hydrogen-bond acceptors (Lipinski definition) is 7. The Morgan fingerprint density at radius 2 is 1.06 bits per heavy atom. The highest BCUT2D eigenvalue weighted by Gasteiger charge is 2.24. The zero-order chi connectivity index (χ0) is 35.9. The summed E-state index contributed by atoms with van der Waals surface area (Å²) in [7, 11) is -8.09. The van der Waals surface area contributed by atoms with E-state index in [0.29, 0.717) is 34.2 Å². The van der Waals surface area contributed by atoms with Crippen molar-refractivity contribution in [3.8, 4) is 11.5 Å². The van der Waals surface area contributed by atoms with Gasteiger partial charge in [-0.1, -0.05) is 66.7 Å². The van der Waals surface area contributed by atoms with Crippen molar-refractivity contribution in [1.82, 2.24) is 7.94 Å². The van der Waals surface area contributed by atoms with Crippen LogP contribution in [-0.2, 0) is 26.7 Å². The number of aromatic hydroxyl groups is 1. The average Bonchev–Trinajstić information content (AvgIpc) is 3.76. The number of aliphatic hydroxyl groups is 1. The smallest absolute Gasteiger partial charge is 0.271 e. The number of phenolic OH excluding ortho intramolecular Hbond substituents is 1. The van der Waals surface area contributed by atoms with Crippen molar-refractivity contribution in [2.45, 2.75) is 23.3 Å². The Hall–Kier alpha value is -5.50. The number of ether oxygens (including phenoxy) is 1. The van der Waals surface area contributed by atoms with Gasteiger partial charge in [-0.3, -0.25) is 0 Å². The van der Waals surface area contributed by atoms with Crippen LogP contribution in [-0.4, -0.2) is 41.6 Å². The Morgan fingerprint density at radius 3 is 1.60 bits per heavy atom. The number of fused-ring (bicyclic) bond motifs is 2. The van der Waals surface area contributed by atoms with E-state index < -0.39 is 36.6 Å². The molecule has 0 saturated carbocycles. The third-order valence-electron chi connectivity index (χ3n) is 7.32. The Morgan fingerprint density at radius 1 is 0.600 bits per heavy atom. The van der Waals surface area contributed by atoms with Crippen molar-refractivity contribution < 1.29 is 40.6 Å². The summed E-state index contributed by atoms with van der Waals surface area (Å²) in [5, 5.41) is 18.3. The van der Waals surface area contributed by atoms with E-state index in [1.807, 2.05) is 30.3 Å². The number of halogens is 2. The van der Waals surface area contributed by atoms with Crippen LogP contribution in [0.15, 0.2) is 150 Å². The fraction of sp³-hybridized carbons (Fsp3) is 0.0811. The highest BCUT2D eigenvalue weighted by Crippen LogP contribution is 2.31. The van der Waals surface area contributed by atoms with Gasteiger partial charge in [0, 0.05) is 29.8 Å². The Kier molecular flexibility index (Phi) is 11.0.